The summed E-state index contributed by atoms with van der Waals surface area (Å²) in [5.41, 5.74) is 0.933. The summed E-state index contributed by atoms with van der Waals surface area (Å²) in [6.07, 6.45) is 1.07. The van der Waals surface area contributed by atoms with Crippen LogP contribution in [0.2, 0.25) is 0 Å². The lowest BCUT2D eigenvalue weighted by molar-refractivity contribution is 0.282. The van der Waals surface area contributed by atoms with Gasteiger partial charge >= 0.3 is 0 Å². The lowest BCUT2D eigenvalue weighted by atomic mass is 10.2. The summed E-state index contributed by atoms with van der Waals surface area (Å²) in [5.74, 6) is 0. The number of hydrogen-bond acceptors (Lipinski definition) is 3. The van der Waals surface area contributed by atoms with Crippen LogP contribution in [0.4, 0.5) is 5.69 Å². The first-order chi connectivity index (χ1) is 6.42. The first kappa shape index (κ1) is 11.5. The quantitative estimate of drug-likeness (QED) is 0.877. The van der Waals surface area contributed by atoms with E-state index in [0.29, 0.717) is 11.3 Å². The molecule has 6 heteroatoms. The van der Waals surface area contributed by atoms with Gasteiger partial charge in [0.15, 0.2) is 0 Å². The maximum atomic E-state index is 10.9. The van der Waals surface area contributed by atoms with E-state index in [-0.39, 0.29) is 6.61 Å². The molecule has 1 aromatic carbocycles. The van der Waals surface area contributed by atoms with Gasteiger partial charge in [-0.15, -0.1) is 0 Å². The lowest BCUT2D eigenvalue weighted by Crippen LogP contribution is -2.11. The molecule has 0 aliphatic heterocycles. The summed E-state index contributed by atoms with van der Waals surface area (Å²) in [5, 5.41) is 8.98. The van der Waals surface area contributed by atoms with Crippen molar-refractivity contribution in [3.8, 4) is 0 Å². The van der Waals surface area contributed by atoms with Gasteiger partial charge in [-0.3, -0.25) is 4.72 Å². The van der Waals surface area contributed by atoms with Crippen LogP contribution < -0.4 is 4.72 Å². The van der Waals surface area contributed by atoms with Crippen molar-refractivity contribution in [3.63, 3.8) is 0 Å². The summed E-state index contributed by atoms with van der Waals surface area (Å²) in [6, 6.07) is 4.96. The van der Waals surface area contributed by atoms with E-state index in [2.05, 4.69) is 20.7 Å². The Bertz CT molecular complexity index is 430. The number of anilines is 1. The average molecular weight is 280 g/mol. The molecular formula is C8H10BrNO3S. The van der Waals surface area contributed by atoms with Crippen molar-refractivity contribution < 1.29 is 13.5 Å². The normalized spacial score (nSPS) is 11.4. The smallest absolute Gasteiger partial charge is 0.229 e. The van der Waals surface area contributed by atoms with Crippen LogP contribution in [-0.2, 0) is 16.6 Å². The van der Waals surface area contributed by atoms with Crippen LogP contribution in [-0.4, -0.2) is 19.8 Å². The second-order valence-corrected chi connectivity index (χ2v) is 5.50. The molecular weight excluding hydrogens is 270 g/mol. The van der Waals surface area contributed by atoms with Crippen molar-refractivity contribution in [2.75, 3.05) is 11.0 Å². The predicted molar refractivity (Wildman–Crippen MR) is 58.5 cm³/mol. The highest BCUT2D eigenvalue weighted by atomic mass is 79.9. The van der Waals surface area contributed by atoms with E-state index in [1.807, 2.05) is 0 Å². The van der Waals surface area contributed by atoms with Gasteiger partial charge in [-0.2, -0.15) is 0 Å². The van der Waals surface area contributed by atoms with Crippen LogP contribution in [0, 0.1) is 0 Å². The molecule has 0 bridgehead atoms. The zero-order valence-corrected chi connectivity index (χ0v) is 9.89. The van der Waals surface area contributed by atoms with Gasteiger partial charge < -0.3 is 5.11 Å². The first-order valence-corrected chi connectivity index (χ1v) is 6.48. The second kappa shape index (κ2) is 4.29. The fourth-order valence-corrected chi connectivity index (χ4v) is 2.00. The molecule has 1 rings (SSSR count). The minimum Gasteiger partial charge on any atom is -0.392 e. The van der Waals surface area contributed by atoms with Gasteiger partial charge in [-0.25, -0.2) is 8.42 Å². The molecule has 4 nitrogen and oxygen atoms in total. The number of halogens is 1. The molecule has 0 aromatic heterocycles. The van der Waals surface area contributed by atoms with Crippen LogP contribution in [0.25, 0.3) is 0 Å². The Kier molecular flexibility index (Phi) is 3.52. The van der Waals surface area contributed by atoms with Crippen LogP contribution in [0.15, 0.2) is 22.7 Å². The monoisotopic (exact) mass is 279 g/mol. The van der Waals surface area contributed by atoms with Gasteiger partial charge in [0.2, 0.25) is 10.0 Å². The molecule has 0 fully saturated rings. The third-order valence-corrected chi connectivity index (χ3v) is 2.62. The van der Waals surface area contributed by atoms with E-state index in [1.54, 1.807) is 18.2 Å². The predicted octanol–water partition coefficient (Wildman–Crippen LogP) is 1.31. The number of hydrogen-bond donors (Lipinski definition) is 2. The molecule has 0 saturated carbocycles. The number of rotatable bonds is 3. The highest BCUT2D eigenvalue weighted by Crippen LogP contribution is 2.21. The number of nitrogens with one attached hydrogen (secondary N) is 1. The molecule has 0 amide bonds. The van der Waals surface area contributed by atoms with Gasteiger partial charge in [0, 0.05) is 10.0 Å². The fourth-order valence-electron chi connectivity index (χ4n) is 0.992. The molecule has 0 aliphatic rings. The van der Waals surface area contributed by atoms with Crippen molar-refractivity contribution in [1.29, 1.82) is 0 Å². The third-order valence-electron chi connectivity index (χ3n) is 1.53. The number of aliphatic hydroxyl groups is 1. The van der Waals surface area contributed by atoms with E-state index in [0.717, 1.165) is 10.7 Å². The first-order valence-electron chi connectivity index (χ1n) is 3.79. The molecule has 0 spiro atoms. The maximum absolute atomic E-state index is 10.9. The van der Waals surface area contributed by atoms with Crippen molar-refractivity contribution in [2.24, 2.45) is 0 Å². The van der Waals surface area contributed by atoms with Crippen molar-refractivity contribution in [3.05, 3.63) is 28.2 Å². The molecule has 1 aromatic rings. The minimum atomic E-state index is -3.30. The van der Waals surface area contributed by atoms with Crippen molar-refractivity contribution >= 4 is 31.6 Å². The van der Waals surface area contributed by atoms with Crippen LogP contribution in [0.5, 0.6) is 0 Å². The molecule has 78 valence electrons. The second-order valence-electron chi connectivity index (χ2n) is 2.83. The number of benzene rings is 1. The molecule has 0 radical (unpaired) electrons. The Labute approximate surface area is 91.1 Å². The summed E-state index contributed by atoms with van der Waals surface area (Å²) in [7, 11) is -3.30. The summed E-state index contributed by atoms with van der Waals surface area (Å²) in [4.78, 5) is 0. The zero-order valence-electron chi connectivity index (χ0n) is 7.49. The Morgan fingerprint density at radius 3 is 2.64 bits per heavy atom. The minimum absolute atomic E-state index is 0.211. The standard InChI is InChI=1S/C8H10BrNO3S/c1-14(12,13)10-8-3-2-7(9)4-6(8)5-11/h2-4,10-11H,5H2,1H3. The Morgan fingerprint density at radius 1 is 1.50 bits per heavy atom. The van der Waals surface area contributed by atoms with Gasteiger partial charge in [0.25, 0.3) is 0 Å². The SMILES string of the molecule is CS(=O)(=O)Nc1ccc(Br)cc1CO. The molecule has 0 heterocycles. The largest absolute Gasteiger partial charge is 0.392 e. The van der Waals surface area contributed by atoms with Crippen LogP contribution in [0.1, 0.15) is 5.56 Å². The molecule has 0 unspecified atom stereocenters. The van der Waals surface area contributed by atoms with Crippen molar-refractivity contribution in [2.45, 2.75) is 6.61 Å². The van der Waals surface area contributed by atoms with Gasteiger partial charge in [0.05, 0.1) is 18.6 Å². The number of sulfonamides is 1. The van der Waals surface area contributed by atoms with E-state index in [1.165, 1.54) is 0 Å². The zero-order chi connectivity index (χ0) is 10.8. The van der Waals surface area contributed by atoms with Gasteiger partial charge in [-0.05, 0) is 18.2 Å². The Hall–Kier alpha value is -0.590. The van der Waals surface area contributed by atoms with Gasteiger partial charge in [0.1, 0.15) is 0 Å². The van der Waals surface area contributed by atoms with E-state index >= 15 is 0 Å². The van der Waals surface area contributed by atoms with E-state index < -0.39 is 10.0 Å². The molecule has 14 heavy (non-hydrogen) atoms. The molecule has 0 atom stereocenters. The summed E-state index contributed by atoms with van der Waals surface area (Å²) < 4.78 is 25.0. The average Bonchev–Trinajstić information content (AvgIpc) is 2.06. The van der Waals surface area contributed by atoms with E-state index in [9.17, 15) is 8.42 Å². The third kappa shape index (κ3) is 3.28. The maximum Gasteiger partial charge on any atom is 0.229 e. The highest BCUT2D eigenvalue weighted by Gasteiger charge is 2.06. The Morgan fingerprint density at radius 2 is 2.14 bits per heavy atom. The lowest BCUT2D eigenvalue weighted by Gasteiger charge is -2.08. The molecule has 2 N–H and O–H groups in total. The molecule has 0 aliphatic carbocycles. The summed E-state index contributed by atoms with van der Waals surface area (Å²) >= 11 is 3.23. The van der Waals surface area contributed by atoms with Crippen molar-refractivity contribution in [1.82, 2.24) is 0 Å². The fraction of sp³-hybridized carbons (Fsp3) is 0.250. The number of aliphatic hydroxyl groups excluding tert-OH is 1. The molecule has 0 saturated heterocycles. The van der Waals surface area contributed by atoms with Gasteiger partial charge in [-0.1, -0.05) is 15.9 Å². The highest BCUT2D eigenvalue weighted by molar-refractivity contribution is 9.10. The van der Waals surface area contributed by atoms with E-state index in [4.69, 9.17) is 5.11 Å². The summed E-state index contributed by atoms with van der Waals surface area (Å²) in [6.45, 7) is -0.211. The topological polar surface area (TPSA) is 66.4 Å². The Balaban J connectivity index is 3.09. The van der Waals surface area contributed by atoms with Crippen LogP contribution in [0.3, 0.4) is 0 Å². The van der Waals surface area contributed by atoms with Crippen LogP contribution >= 0.6 is 15.9 Å².